The number of aliphatic hydroxyl groups excluding tert-OH is 1. The molecule has 0 bridgehead atoms. The Kier molecular flexibility index (Phi) is 6.18. The van der Waals surface area contributed by atoms with Gasteiger partial charge in [-0.15, -0.1) is 0 Å². The third kappa shape index (κ3) is 4.69. The van der Waals surface area contributed by atoms with E-state index in [1.165, 1.54) is 22.0 Å². The molecule has 31 heavy (non-hydrogen) atoms. The number of sulfonamides is 1. The Morgan fingerprint density at radius 3 is 2.48 bits per heavy atom. The molecular weight excluding hydrogens is 412 g/mol. The van der Waals surface area contributed by atoms with Gasteiger partial charge in [0.1, 0.15) is 0 Å². The van der Waals surface area contributed by atoms with Crippen LogP contribution in [0, 0.1) is 0 Å². The second-order valence-corrected chi connectivity index (χ2v) is 9.48. The number of amides is 1. The summed E-state index contributed by atoms with van der Waals surface area (Å²) in [6, 6.07) is 21.3. The first-order chi connectivity index (χ1) is 15.0. The molecule has 0 fully saturated rings. The highest BCUT2D eigenvalue weighted by molar-refractivity contribution is 7.89. The molecule has 1 aliphatic heterocycles. The molecule has 0 unspecified atom stereocenters. The maximum Gasteiger partial charge on any atom is 0.251 e. The number of rotatable bonds is 6. The van der Waals surface area contributed by atoms with Crippen molar-refractivity contribution in [2.24, 2.45) is 0 Å². The summed E-state index contributed by atoms with van der Waals surface area (Å²) in [5.41, 5.74) is 4.10. The third-order valence-electron chi connectivity index (χ3n) is 5.46. The predicted molar refractivity (Wildman–Crippen MR) is 118 cm³/mol. The molecule has 0 atom stereocenters. The van der Waals surface area contributed by atoms with Gasteiger partial charge in [-0.25, -0.2) is 8.42 Å². The molecule has 7 heteroatoms. The molecule has 0 aromatic heterocycles. The van der Waals surface area contributed by atoms with Gasteiger partial charge >= 0.3 is 0 Å². The standard InChI is InChI=1S/C24H24N2O4S/c27-17-19-6-3-5-18(13-19)15-25-24(28)21-9-4-10-23(14-21)31(29,30)26-12-11-20-7-1-2-8-22(20)16-26/h1-10,13-14,27H,11-12,15-17H2,(H,25,28). The highest BCUT2D eigenvalue weighted by atomic mass is 32.2. The van der Waals surface area contributed by atoms with Gasteiger partial charge in [-0.05, 0) is 46.9 Å². The smallest absolute Gasteiger partial charge is 0.251 e. The zero-order chi connectivity index (χ0) is 21.8. The average molecular weight is 437 g/mol. The summed E-state index contributed by atoms with van der Waals surface area (Å²) in [6.45, 7) is 0.961. The highest BCUT2D eigenvalue weighted by Crippen LogP contribution is 2.25. The van der Waals surface area contributed by atoms with Crippen molar-refractivity contribution in [2.75, 3.05) is 6.54 Å². The fourth-order valence-corrected chi connectivity index (χ4v) is 5.21. The van der Waals surface area contributed by atoms with Crippen LogP contribution in [-0.4, -0.2) is 30.3 Å². The lowest BCUT2D eigenvalue weighted by Gasteiger charge is -2.28. The summed E-state index contributed by atoms with van der Waals surface area (Å²) in [4.78, 5) is 12.7. The number of carbonyl (C=O) groups excluding carboxylic acids is 1. The summed E-state index contributed by atoms with van der Waals surface area (Å²) in [5, 5.41) is 12.0. The number of nitrogens with one attached hydrogen (secondary N) is 1. The van der Waals surface area contributed by atoms with Crippen LogP contribution < -0.4 is 5.32 Å². The van der Waals surface area contributed by atoms with Crippen LogP contribution >= 0.6 is 0 Å². The Balaban J connectivity index is 1.49. The first kappa shape index (κ1) is 21.2. The number of fused-ring (bicyclic) bond motifs is 1. The Hall–Kier alpha value is -3.00. The van der Waals surface area contributed by atoms with Gasteiger partial charge in [0, 0.05) is 25.2 Å². The van der Waals surface area contributed by atoms with E-state index in [1.807, 2.05) is 42.5 Å². The van der Waals surface area contributed by atoms with Crippen molar-refractivity contribution in [3.8, 4) is 0 Å². The fourth-order valence-electron chi connectivity index (χ4n) is 3.74. The number of hydrogen-bond acceptors (Lipinski definition) is 4. The Morgan fingerprint density at radius 1 is 0.935 bits per heavy atom. The van der Waals surface area contributed by atoms with Crippen LogP contribution in [0.2, 0.25) is 0 Å². The molecule has 6 nitrogen and oxygen atoms in total. The Morgan fingerprint density at radius 2 is 1.68 bits per heavy atom. The van der Waals surface area contributed by atoms with E-state index in [-0.39, 0.29) is 29.5 Å². The minimum atomic E-state index is -3.71. The van der Waals surface area contributed by atoms with Crippen molar-refractivity contribution < 1.29 is 18.3 Å². The Bertz CT molecular complexity index is 1210. The van der Waals surface area contributed by atoms with Gasteiger partial charge in [-0.1, -0.05) is 54.6 Å². The summed E-state index contributed by atoms with van der Waals surface area (Å²) in [5.74, 6) is -0.351. The van der Waals surface area contributed by atoms with Crippen LogP contribution in [0.4, 0.5) is 0 Å². The second kappa shape index (κ2) is 9.01. The normalized spacial score (nSPS) is 14.1. The summed E-state index contributed by atoms with van der Waals surface area (Å²) in [6.07, 6.45) is 0.669. The molecule has 0 radical (unpaired) electrons. The van der Waals surface area contributed by atoms with Gasteiger partial charge in [0.15, 0.2) is 0 Å². The molecule has 160 valence electrons. The molecule has 3 aromatic rings. The molecule has 0 aliphatic carbocycles. The lowest BCUT2D eigenvalue weighted by atomic mass is 10.0. The Labute approximate surface area is 182 Å². The van der Waals surface area contributed by atoms with E-state index in [2.05, 4.69) is 5.32 Å². The molecule has 1 heterocycles. The van der Waals surface area contributed by atoms with E-state index in [1.54, 1.807) is 18.2 Å². The first-order valence-electron chi connectivity index (χ1n) is 10.1. The molecule has 0 saturated heterocycles. The molecule has 4 rings (SSSR count). The van der Waals surface area contributed by atoms with Crippen LogP contribution in [0.25, 0.3) is 0 Å². The van der Waals surface area contributed by atoms with E-state index in [4.69, 9.17) is 0 Å². The third-order valence-corrected chi connectivity index (χ3v) is 7.30. The number of carbonyl (C=O) groups is 1. The van der Waals surface area contributed by atoms with E-state index < -0.39 is 10.0 Å². The van der Waals surface area contributed by atoms with Gasteiger partial charge in [-0.3, -0.25) is 4.79 Å². The SMILES string of the molecule is O=C(NCc1cccc(CO)c1)c1cccc(S(=O)(=O)N2CCc3ccccc3C2)c1. The second-order valence-electron chi connectivity index (χ2n) is 7.55. The van der Waals surface area contributed by atoms with Crippen molar-refractivity contribution in [3.63, 3.8) is 0 Å². The minimum Gasteiger partial charge on any atom is -0.392 e. The number of aliphatic hydroxyl groups is 1. The van der Waals surface area contributed by atoms with Gasteiger partial charge in [-0.2, -0.15) is 4.31 Å². The van der Waals surface area contributed by atoms with Crippen LogP contribution in [0.3, 0.4) is 0 Å². The lowest BCUT2D eigenvalue weighted by molar-refractivity contribution is 0.0950. The van der Waals surface area contributed by atoms with E-state index in [0.29, 0.717) is 19.5 Å². The van der Waals surface area contributed by atoms with Gasteiger partial charge in [0.05, 0.1) is 11.5 Å². The van der Waals surface area contributed by atoms with Gasteiger partial charge < -0.3 is 10.4 Å². The molecular formula is C24H24N2O4S. The largest absolute Gasteiger partial charge is 0.392 e. The number of benzene rings is 3. The molecule has 1 amide bonds. The molecule has 0 spiro atoms. The van der Waals surface area contributed by atoms with E-state index in [9.17, 15) is 18.3 Å². The number of nitrogens with zero attached hydrogens (tertiary/aromatic N) is 1. The van der Waals surface area contributed by atoms with Crippen molar-refractivity contribution >= 4 is 15.9 Å². The topological polar surface area (TPSA) is 86.7 Å². The minimum absolute atomic E-state index is 0.0668. The van der Waals surface area contributed by atoms with Crippen LogP contribution in [0.1, 0.15) is 32.6 Å². The molecule has 1 aliphatic rings. The van der Waals surface area contributed by atoms with Crippen molar-refractivity contribution in [1.82, 2.24) is 9.62 Å². The average Bonchev–Trinajstić information content (AvgIpc) is 2.82. The maximum absolute atomic E-state index is 13.2. The van der Waals surface area contributed by atoms with E-state index in [0.717, 1.165) is 16.7 Å². The van der Waals surface area contributed by atoms with Crippen LogP contribution in [0.15, 0.2) is 77.7 Å². The van der Waals surface area contributed by atoms with Gasteiger partial charge in [0.25, 0.3) is 5.91 Å². The zero-order valence-electron chi connectivity index (χ0n) is 17.0. The molecule has 2 N–H and O–H groups in total. The van der Waals surface area contributed by atoms with Crippen molar-refractivity contribution in [1.29, 1.82) is 0 Å². The highest BCUT2D eigenvalue weighted by Gasteiger charge is 2.28. The first-order valence-corrected chi connectivity index (χ1v) is 11.6. The lowest BCUT2D eigenvalue weighted by Crippen LogP contribution is -2.36. The quantitative estimate of drug-likeness (QED) is 0.622. The summed E-state index contributed by atoms with van der Waals surface area (Å²) in [7, 11) is -3.71. The maximum atomic E-state index is 13.2. The summed E-state index contributed by atoms with van der Waals surface area (Å²) < 4.78 is 27.8. The van der Waals surface area contributed by atoms with Crippen molar-refractivity contribution in [3.05, 3.63) is 101 Å². The van der Waals surface area contributed by atoms with E-state index >= 15 is 0 Å². The summed E-state index contributed by atoms with van der Waals surface area (Å²) >= 11 is 0. The predicted octanol–water partition coefficient (Wildman–Crippen LogP) is 2.86. The zero-order valence-corrected chi connectivity index (χ0v) is 17.8. The van der Waals surface area contributed by atoms with Gasteiger partial charge in [0.2, 0.25) is 10.0 Å². The fraction of sp³-hybridized carbons (Fsp3) is 0.208. The molecule has 3 aromatic carbocycles. The number of hydrogen-bond donors (Lipinski definition) is 2. The molecule has 0 saturated carbocycles. The monoisotopic (exact) mass is 436 g/mol. The van der Waals surface area contributed by atoms with Crippen LogP contribution in [0.5, 0.6) is 0 Å². The van der Waals surface area contributed by atoms with Crippen LogP contribution in [-0.2, 0) is 36.1 Å². The van der Waals surface area contributed by atoms with Crippen molar-refractivity contribution in [2.45, 2.75) is 31.0 Å².